The van der Waals surface area contributed by atoms with Gasteiger partial charge in [-0.15, -0.1) is 0 Å². The number of aliphatic hydroxyl groups excluding tert-OH is 1. The molecule has 110 valence electrons. The summed E-state index contributed by atoms with van der Waals surface area (Å²) < 4.78 is 0. The van der Waals surface area contributed by atoms with Crippen LogP contribution >= 0.6 is 0 Å². The minimum atomic E-state index is -0.197. The van der Waals surface area contributed by atoms with Gasteiger partial charge in [-0.25, -0.2) is 4.98 Å². The van der Waals surface area contributed by atoms with Crippen molar-refractivity contribution in [3.8, 4) is 0 Å². The highest BCUT2D eigenvalue weighted by molar-refractivity contribution is 5.76. The standard InChI is InChI=1S/C14H21N3O3/c1-8-12(14(20)17-9(2)16-8)3-4-13(19)15-7-10-5-11(18)6-10/h10-11,18H,3-7H2,1-2H3,(H,15,19)(H,16,17,20). The first-order chi connectivity index (χ1) is 9.45. The molecule has 1 aliphatic rings. The predicted molar refractivity (Wildman–Crippen MR) is 74.4 cm³/mol. The van der Waals surface area contributed by atoms with E-state index in [1.54, 1.807) is 13.8 Å². The average molecular weight is 279 g/mol. The zero-order valence-electron chi connectivity index (χ0n) is 11.9. The number of carbonyl (C=O) groups excluding carboxylic acids is 1. The molecule has 3 N–H and O–H groups in total. The van der Waals surface area contributed by atoms with Crippen LogP contribution in [0.5, 0.6) is 0 Å². The number of nitrogens with one attached hydrogen (secondary N) is 2. The molecule has 0 bridgehead atoms. The number of aliphatic hydroxyl groups is 1. The number of hydrogen-bond acceptors (Lipinski definition) is 4. The van der Waals surface area contributed by atoms with E-state index < -0.39 is 0 Å². The SMILES string of the molecule is Cc1nc(C)c(CCC(=O)NCC2CC(O)C2)c(=O)[nH]1. The summed E-state index contributed by atoms with van der Waals surface area (Å²) in [7, 11) is 0. The van der Waals surface area contributed by atoms with Crippen molar-refractivity contribution < 1.29 is 9.90 Å². The van der Waals surface area contributed by atoms with E-state index in [4.69, 9.17) is 5.11 Å². The number of aromatic nitrogens is 2. The summed E-state index contributed by atoms with van der Waals surface area (Å²) in [4.78, 5) is 30.4. The van der Waals surface area contributed by atoms with Crippen molar-refractivity contribution in [2.75, 3.05) is 6.54 Å². The van der Waals surface area contributed by atoms with Crippen molar-refractivity contribution in [3.05, 3.63) is 27.4 Å². The fraction of sp³-hybridized carbons (Fsp3) is 0.643. The summed E-state index contributed by atoms with van der Waals surface area (Å²) in [5.74, 6) is 0.912. The van der Waals surface area contributed by atoms with E-state index >= 15 is 0 Å². The van der Waals surface area contributed by atoms with Crippen LogP contribution in [-0.2, 0) is 11.2 Å². The van der Waals surface area contributed by atoms with Gasteiger partial charge in [0.25, 0.3) is 5.56 Å². The Morgan fingerprint density at radius 1 is 1.45 bits per heavy atom. The third kappa shape index (κ3) is 3.66. The van der Waals surface area contributed by atoms with E-state index in [9.17, 15) is 9.59 Å². The molecule has 1 aliphatic carbocycles. The van der Waals surface area contributed by atoms with Crippen LogP contribution < -0.4 is 10.9 Å². The van der Waals surface area contributed by atoms with Crippen molar-refractivity contribution in [1.82, 2.24) is 15.3 Å². The number of nitrogens with zero attached hydrogens (tertiary/aromatic N) is 1. The van der Waals surface area contributed by atoms with Crippen molar-refractivity contribution in [3.63, 3.8) is 0 Å². The summed E-state index contributed by atoms with van der Waals surface area (Å²) in [5, 5.41) is 12.0. The molecule has 0 spiro atoms. The molecule has 0 saturated heterocycles. The smallest absolute Gasteiger partial charge is 0.254 e. The first-order valence-corrected chi connectivity index (χ1v) is 6.97. The lowest BCUT2D eigenvalue weighted by Crippen LogP contribution is -2.38. The Kier molecular flexibility index (Phi) is 4.54. The zero-order valence-corrected chi connectivity index (χ0v) is 11.9. The molecule has 1 heterocycles. The Labute approximate surface area is 117 Å². The number of H-pyrrole nitrogens is 1. The molecule has 0 aliphatic heterocycles. The summed E-state index contributed by atoms with van der Waals surface area (Å²) in [6.45, 7) is 4.13. The lowest BCUT2D eigenvalue weighted by Gasteiger charge is -2.31. The Hall–Kier alpha value is -1.69. The highest BCUT2D eigenvalue weighted by Crippen LogP contribution is 2.26. The van der Waals surface area contributed by atoms with Crippen LogP contribution in [0.15, 0.2) is 4.79 Å². The van der Waals surface area contributed by atoms with E-state index in [-0.39, 0.29) is 24.0 Å². The summed E-state index contributed by atoms with van der Waals surface area (Å²) in [6, 6.07) is 0. The highest BCUT2D eigenvalue weighted by Gasteiger charge is 2.27. The molecule has 1 amide bonds. The number of aromatic amines is 1. The van der Waals surface area contributed by atoms with Gasteiger partial charge in [-0.2, -0.15) is 0 Å². The first-order valence-electron chi connectivity index (χ1n) is 6.97. The van der Waals surface area contributed by atoms with Crippen molar-refractivity contribution in [2.24, 2.45) is 5.92 Å². The van der Waals surface area contributed by atoms with Crippen LogP contribution in [0.1, 0.15) is 36.3 Å². The largest absolute Gasteiger partial charge is 0.393 e. The second kappa shape index (κ2) is 6.17. The average Bonchev–Trinajstić information content (AvgIpc) is 2.31. The van der Waals surface area contributed by atoms with Gasteiger partial charge in [-0.05, 0) is 39.0 Å². The monoisotopic (exact) mass is 279 g/mol. The maximum Gasteiger partial charge on any atom is 0.254 e. The molecule has 6 nitrogen and oxygen atoms in total. The third-order valence-corrected chi connectivity index (χ3v) is 3.74. The molecule has 0 unspecified atom stereocenters. The second-order valence-electron chi connectivity index (χ2n) is 5.51. The molecule has 0 atom stereocenters. The van der Waals surface area contributed by atoms with E-state index in [1.807, 2.05) is 0 Å². The third-order valence-electron chi connectivity index (χ3n) is 3.74. The fourth-order valence-electron chi connectivity index (χ4n) is 2.50. The Morgan fingerprint density at radius 3 is 2.75 bits per heavy atom. The Balaban J connectivity index is 1.80. The van der Waals surface area contributed by atoms with Crippen molar-refractivity contribution in [2.45, 2.75) is 45.6 Å². The van der Waals surface area contributed by atoms with Crippen LogP contribution in [0.4, 0.5) is 0 Å². The number of aryl methyl sites for hydroxylation is 2. The quantitative estimate of drug-likeness (QED) is 0.718. The summed E-state index contributed by atoms with van der Waals surface area (Å²) in [5.41, 5.74) is 1.09. The lowest BCUT2D eigenvalue weighted by molar-refractivity contribution is -0.121. The molecule has 6 heteroatoms. The van der Waals surface area contributed by atoms with Crippen molar-refractivity contribution in [1.29, 1.82) is 0 Å². The van der Waals surface area contributed by atoms with Crippen LogP contribution in [0.25, 0.3) is 0 Å². The maximum atomic E-state index is 11.8. The molecule has 0 aromatic carbocycles. The maximum absolute atomic E-state index is 11.8. The van der Waals surface area contributed by atoms with Crippen LogP contribution in [-0.4, -0.2) is 33.6 Å². The topological polar surface area (TPSA) is 95.1 Å². The lowest BCUT2D eigenvalue weighted by atomic mass is 9.82. The predicted octanol–water partition coefficient (Wildman–Crippen LogP) is 0.206. The van der Waals surface area contributed by atoms with Gasteiger partial charge in [0.15, 0.2) is 0 Å². The fourth-order valence-corrected chi connectivity index (χ4v) is 2.50. The van der Waals surface area contributed by atoms with Gasteiger partial charge in [-0.3, -0.25) is 9.59 Å². The van der Waals surface area contributed by atoms with Crippen LogP contribution in [0.2, 0.25) is 0 Å². The number of carbonyl (C=O) groups is 1. The first kappa shape index (κ1) is 14.7. The molecular formula is C14H21N3O3. The molecule has 1 saturated carbocycles. The molecule has 1 aromatic heterocycles. The van der Waals surface area contributed by atoms with Gasteiger partial charge in [0.2, 0.25) is 5.91 Å². The minimum Gasteiger partial charge on any atom is -0.393 e. The molecule has 0 radical (unpaired) electrons. The molecule has 1 aromatic rings. The van der Waals surface area contributed by atoms with E-state index in [2.05, 4.69) is 15.3 Å². The number of rotatable bonds is 5. The van der Waals surface area contributed by atoms with E-state index in [0.29, 0.717) is 36.0 Å². The van der Waals surface area contributed by atoms with Crippen molar-refractivity contribution >= 4 is 5.91 Å². The number of hydrogen-bond donors (Lipinski definition) is 3. The molecular weight excluding hydrogens is 258 g/mol. The van der Waals surface area contributed by atoms with E-state index in [0.717, 1.165) is 12.8 Å². The Morgan fingerprint density at radius 2 is 2.15 bits per heavy atom. The van der Waals surface area contributed by atoms with Gasteiger partial charge < -0.3 is 15.4 Å². The molecule has 2 rings (SSSR count). The number of amides is 1. The highest BCUT2D eigenvalue weighted by atomic mass is 16.3. The second-order valence-corrected chi connectivity index (χ2v) is 5.51. The van der Waals surface area contributed by atoms with Gasteiger partial charge >= 0.3 is 0 Å². The molecule has 20 heavy (non-hydrogen) atoms. The molecule has 1 fully saturated rings. The summed E-state index contributed by atoms with van der Waals surface area (Å²) >= 11 is 0. The van der Waals surface area contributed by atoms with E-state index in [1.165, 1.54) is 0 Å². The Bertz CT molecular complexity index is 547. The van der Waals surface area contributed by atoms with Gasteiger partial charge in [-0.1, -0.05) is 0 Å². The van der Waals surface area contributed by atoms with Crippen LogP contribution in [0, 0.1) is 19.8 Å². The van der Waals surface area contributed by atoms with Gasteiger partial charge in [0.1, 0.15) is 5.82 Å². The normalized spacial score (nSPS) is 21.4. The minimum absolute atomic E-state index is 0.0641. The zero-order chi connectivity index (χ0) is 14.7. The summed E-state index contributed by atoms with van der Waals surface area (Å²) in [6.07, 6.45) is 2.01. The van der Waals surface area contributed by atoms with Gasteiger partial charge in [0.05, 0.1) is 6.10 Å². The van der Waals surface area contributed by atoms with Gasteiger partial charge in [0, 0.05) is 24.2 Å². The van der Waals surface area contributed by atoms with Crippen LogP contribution in [0.3, 0.4) is 0 Å².